The highest BCUT2D eigenvalue weighted by Gasteiger charge is 2.06. The first-order valence-corrected chi connectivity index (χ1v) is 8.61. The number of hydrogen-bond acceptors (Lipinski definition) is 3. The number of thiophene rings is 1. The summed E-state index contributed by atoms with van der Waals surface area (Å²) in [6.07, 6.45) is 3.28. The molecule has 1 aromatic rings. The molecular formula is C13H24IN3S2. The van der Waals surface area contributed by atoms with E-state index in [1.54, 1.807) is 11.3 Å². The van der Waals surface area contributed by atoms with Gasteiger partial charge in [0.15, 0.2) is 5.96 Å². The first-order valence-electron chi connectivity index (χ1n) is 6.27. The summed E-state index contributed by atoms with van der Waals surface area (Å²) in [5.74, 6) is 2.18. The zero-order valence-electron chi connectivity index (χ0n) is 11.9. The molecule has 6 heteroatoms. The Morgan fingerprint density at radius 1 is 1.53 bits per heavy atom. The van der Waals surface area contributed by atoms with Gasteiger partial charge < -0.3 is 10.2 Å². The van der Waals surface area contributed by atoms with E-state index in [0.717, 1.165) is 32.0 Å². The first-order chi connectivity index (χ1) is 8.77. The van der Waals surface area contributed by atoms with E-state index in [9.17, 15) is 0 Å². The first kappa shape index (κ1) is 19.1. The highest BCUT2D eigenvalue weighted by Crippen LogP contribution is 2.08. The third-order valence-electron chi connectivity index (χ3n) is 2.46. The lowest BCUT2D eigenvalue weighted by atomic mass is 10.3. The fourth-order valence-electron chi connectivity index (χ4n) is 1.59. The van der Waals surface area contributed by atoms with Gasteiger partial charge in [0.05, 0.1) is 0 Å². The van der Waals surface area contributed by atoms with E-state index in [2.05, 4.69) is 52.3 Å². The van der Waals surface area contributed by atoms with Gasteiger partial charge >= 0.3 is 0 Å². The Kier molecular flexibility index (Phi) is 11.9. The van der Waals surface area contributed by atoms with Gasteiger partial charge in [-0.15, -0.1) is 24.0 Å². The quantitative estimate of drug-likeness (QED) is 0.321. The summed E-state index contributed by atoms with van der Waals surface area (Å²) in [5, 5.41) is 7.65. The van der Waals surface area contributed by atoms with Crippen molar-refractivity contribution in [2.75, 3.05) is 32.1 Å². The van der Waals surface area contributed by atoms with Crippen LogP contribution in [0.4, 0.5) is 0 Å². The molecule has 0 spiro atoms. The van der Waals surface area contributed by atoms with E-state index in [1.807, 2.05) is 11.8 Å². The molecule has 3 nitrogen and oxygen atoms in total. The predicted molar refractivity (Wildman–Crippen MR) is 100 cm³/mol. The van der Waals surface area contributed by atoms with Crippen LogP contribution in [0.25, 0.3) is 0 Å². The van der Waals surface area contributed by atoms with Gasteiger partial charge in [0.1, 0.15) is 0 Å². The third-order valence-corrected chi connectivity index (χ3v) is 3.89. The van der Waals surface area contributed by atoms with Crippen LogP contribution in [0.1, 0.15) is 18.9 Å². The second-order valence-electron chi connectivity index (χ2n) is 4.07. The summed E-state index contributed by atoms with van der Waals surface area (Å²) < 4.78 is 0. The van der Waals surface area contributed by atoms with Gasteiger partial charge in [-0.3, -0.25) is 4.99 Å². The summed E-state index contributed by atoms with van der Waals surface area (Å²) in [7, 11) is 2.09. The van der Waals surface area contributed by atoms with Crippen LogP contribution >= 0.6 is 47.1 Å². The Labute approximate surface area is 142 Å². The SMILES string of the molecule is CCNC(=NCCCSC)N(C)Cc1ccsc1.I. The second kappa shape index (κ2) is 11.8. The van der Waals surface area contributed by atoms with Gasteiger partial charge in [0, 0.05) is 26.7 Å². The zero-order valence-corrected chi connectivity index (χ0v) is 15.9. The molecule has 0 aromatic carbocycles. The van der Waals surface area contributed by atoms with Gasteiger partial charge in [-0.05, 0) is 47.7 Å². The number of hydrogen-bond donors (Lipinski definition) is 1. The second-order valence-corrected chi connectivity index (χ2v) is 5.84. The minimum absolute atomic E-state index is 0. The van der Waals surface area contributed by atoms with Gasteiger partial charge in [-0.1, -0.05) is 0 Å². The molecule has 19 heavy (non-hydrogen) atoms. The highest BCUT2D eigenvalue weighted by molar-refractivity contribution is 14.0. The van der Waals surface area contributed by atoms with E-state index < -0.39 is 0 Å². The third kappa shape index (κ3) is 8.04. The molecule has 0 amide bonds. The lowest BCUT2D eigenvalue weighted by molar-refractivity contribution is 0.477. The molecule has 0 radical (unpaired) electrons. The van der Waals surface area contributed by atoms with Crippen molar-refractivity contribution in [1.82, 2.24) is 10.2 Å². The molecule has 0 atom stereocenters. The van der Waals surface area contributed by atoms with Crippen LogP contribution in [0.3, 0.4) is 0 Å². The van der Waals surface area contributed by atoms with Crippen LogP contribution in [-0.4, -0.2) is 43.0 Å². The van der Waals surface area contributed by atoms with Crippen molar-refractivity contribution in [2.45, 2.75) is 19.9 Å². The summed E-state index contributed by atoms with van der Waals surface area (Å²) in [6, 6.07) is 2.17. The van der Waals surface area contributed by atoms with E-state index in [4.69, 9.17) is 0 Å². The Bertz CT molecular complexity index is 342. The van der Waals surface area contributed by atoms with E-state index >= 15 is 0 Å². The molecule has 0 aliphatic carbocycles. The zero-order chi connectivity index (χ0) is 13.2. The van der Waals surface area contributed by atoms with E-state index in [-0.39, 0.29) is 24.0 Å². The lowest BCUT2D eigenvalue weighted by Crippen LogP contribution is -2.38. The van der Waals surface area contributed by atoms with E-state index in [0.29, 0.717) is 0 Å². The highest BCUT2D eigenvalue weighted by atomic mass is 127. The van der Waals surface area contributed by atoms with Crippen molar-refractivity contribution in [3.05, 3.63) is 22.4 Å². The summed E-state index contributed by atoms with van der Waals surface area (Å²) in [5.41, 5.74) is 1.34. The number of nitrogens with one attached hydrogen (secondary N) is 1. The number of nitrogens with zero attached hydrogens (tertiary/aromatic N) is 2. The lowest BCUT2D eigenvalue weighted by Gasteiger charge is -2.21. The molecule has 0 bridgehead atoms. The number of rotatable bonds is 7. The molecule has 0 aliphatic heterocycles. The Morgan fingerprint density at radius 3 is 2.89 bits per heavy atom. The number of aliphatic imine (C=N–C) groups is 1. The van der Waals surface area contributed by atoms with Crippen molar-refractivity contribution < 1.29 is 0 Å². The van der Waals surface area contributed by atoms with Gasteiger partial charge in [0.25, 0.3) is 0 Å². The van der Waals surface area contributed by atoms with Crippen LogP contribution in [0, 0.1) is 0 Å². The normalized spacial score (nSPS) is 11.0. The van der Waals surface area contributed by atoms with Crippen molar-refractivity contribution in [3.63, 3.8) is 0 Å². The fourth-order valence-corrected chi connectivity index (χ4v) is 2.67. The van der Waals surface area contributed by atoms with Crippen LogP contribution in [0.5, 0.6) is 0 Å². The maximum atomic E-state index is 4.65. The van der Waals surface area contributed by atoms with Crippen LogP contribution in [-0.2, 0) is 6.54 Å². The molecule has 0 aliphatic rings. The minimum Gasteiger partial charge on any atom is -0.357 e. The molecule has 110 valence electrons. The molecule has 1 rings (SSSR count). The van der Waals surface area contributed by atoms with Gasteiger partial charge in [-0.25, -0.2) is 0 Å². The van der Waals surface area contributed by atoms with Gasteiger partial charge in [0.2, 0.25) is 0 Å². The van der Waals surface area contributed by atoms with Gasteiger partial charge in [-0.2, -0.15) is 23.1 Å². The molecule has 0 saturated heterocycles. The van der Waals surface area contributed by atoms with Crippen LogP contribution in [0.15, 0.2) is 21.8 Å². The average molecular weight is 413 g/mol. The standard InChI is InChI=1S/C13H23N3S2.HI/c1-4-14-13(15-7-5-8-17-3)16(2)10-12-6-9-18-11-12;/h6,9,11H,4-5,7-8,10H2,1-3H3,(H,14,15);1H. The van der Waals surface area contributed by atoms with Crippen molar-refractivity contribution in [1.29, 1.82) is 0 Å². The van der Waals surface area contributed by atoms with Crippen molar-refractivity contribution in [3.8, 4) is 0 Å². The number of guanidine groups is 1. The Hall–Kier alpha value is 0.0500. The van der Waals surface area contributed by atoms with Crippen LogP contribution < -0.4 is 5.32 Å². The Morgan fingerprint density at radius 2 is 2.32 bits per heavy atom. The maximum Gasteiger partial charge on any atom is 0.193 e. The molecule has 0 saturated carbocycles. The summed E-state index contributed by atoms with van der Waals surface area (Å²) >= 11 is 3.62. The van der Waals surface area contributed by atoms with Crippen LogP contribution in [0.2, 0.25) is 0 Å². The molecule has 0 fully saturated rings. The predicted octanol–water partition coefficient (Wildman–Crippen LogP) is 3.52. The average Bonchev–Trinajstić information content (AvgIpc) is 2.86. The molecular weight excluding hydrogens is 389 g/mol. The fraction of sp³-hybridized carbons (Fsp3) is 0.615. The number of thioether (sulfide) groups is 1. The Balaban J connectivity index is 0.00000324. The summed E-state index contributed by atoms with van der Waals surface area (Å²) in [6.45, 7) is 4.83. The summed E-state index contributed by atoms with van der Waals surface area (Å²) in [4.78, 5) is 6.84. The number of halogens is 1. The molecule has 0 unspecified atom stereocenters. The molecule has 1 aromatic heterocycles. The smallest absolute Gasteiger partial charge is 0.193 e. The molecule has 1 heterocycles. The monoisotopic (exact) mass is 413 g/mol. The van der Waals surface area contributed by atoms with Crippen molar-refractivity contribution >= 4 is 53.0 Å². The minimum atomic E-state index is 0. The topological polar surface area (TPSA) is 27.6 Å². The van der Waals surface area contributed by atoms with E-state index in [1.165, 1.54) is 11.3 Å². The maximum absolute atomic E-state index is 4.65. The van der Waals surface area contributed by atoms with Crippen molar-refractivity contribution in [2.24, 2.45) is 4.99 Å². The largest absolute Gasteiger partial charge is 0.357 e. The molecule has 1 N–H and O–H groups in total.